The highest BCUT2D eigenvalue weighted by atomic mass is 79.9. The number of benzene rings is 2. The predicted octanol–water partition coefficient (Wildman–Crippen LogP) is 4.30. The number of anilines is 1. The van der Waals surface area contributed by atoms with Crippen LogP contribution in [0.25, 0.3) is 6.08 Å². The summed E-state index contributed by atoms with van der Waals surface area (Å²) in [4.78, 5) is 23.0. The van der Waals surface area contributed by atoms with Crippen LogP contribution >= 0.6 is 15.9 Å². The first-order valence-electron chi connectivity index (χ1n) is 6.40. The molecular formula is C17H14BrNO2. The molecule has 3 nitrogen and oxygen atoms in total. The Morgan fingerprint density at radius 3 is 2.19 bits per heavy atom. The van der Waals surface area contributed by atoms with E-state index in [1.54, 1.807) is 30.3 Å². The Hall–Kier alpha value is -2.20. The van der Waals surface area contributed by atoms with E-state index in [0.717, 1.165) is 10.0 Å². The van der Waals surface area contributed by atoms with Crippen LogP contribution in [-0.2, 0) is 4.79 Å². The Balaban J connectivity index is 1.98. The van der Waals surface area contributed by atoms with Crippen molar-refractivity contribution in [2.45, 2.75) is 6.92 Å². The summed E-state index contributed by atoms with van der Waals surface area (Å²) in [5.41, 5.74) is 2.23. The number of ketones is 1. The van der Waals surface area contributed by atoms with Gasteiger partial charge in [-0.05, 0) is 55.0 Å². The lowest BCUT2D eigenvalue weighted by molar-refractivity contribution is -0.111. The van der Waals surface area contributed by atoms with E-state index in [0.29, 0.717) is 11.3 Å². The Kier molecular flexibility index (Phi) is 5.06. The van der Waals surface area contributed by atoms with Crippen molar-refractivity contribution < 1.29 is 9.59 Å². The van der Waals surface area contributed by atoms with Crippen molar-refractivity contribution in [2.75, 3.05) is 5.32 Å². The van der Waals surface area contributed by atoms with Gasteiger partial charge in [0, 0.05) is 21.8 Å². The second-order valence-electron chi connectivity index (χ2n) is 4.51. The zero-order valence-electron chi connectivity index (χ0n) is 11.5. The first-order chi connectivity index (χ1) is 10.0. The highest BCUT2D eigenvalue weighted by Crippen LogP contribution is 2.12. The number of rotatable bonds is 4. The molecule has 0 aliphatic heterocycles. The Bertz CT molecular complexity index is 673. The molecule has 0 saturated carbocycles. The van der Waals surface area contributed by atoms with Crippen LogP contribution in [0.15, 0.2) is 59.1 Å². The van der Waals surface area contributed by atoms with Crippen LogP contribution in [0.3, 0.4) is 0 Å². The molecule has 4 heteroatoms. The van der Waals surface area contributed by atoms with Crippen LogP contribution < -0.4 is 5.32 Å². The Labute approximate surface area is 131 Å². The summed E-state index contributed by atoms with van der Waals surface area (Å²) in [6.45, 7) is 1.51. The van der Waals surface area contributed by atoms with E-state index < -0.39 is 0 Å². The normalized spacial score (nSPS) is 10.6. The minimum atomic E-state index is -0.214. The van der Waals surface area contributed by atoms with Gasteiger partial charge in [0.2, 0.25) is 5.91 Å². The molecule has 2 rings (SSSR count). The molecule has 0 heterocycles. The molecule has 0 spiro atoms. The predicted molar refractivity (Wildman–Crippen MR) is 88.3 cm³/mol. The van der Waals surface area contributed by atoms with Gasteiger partial charge in [-0.25, -0.2) is 0 Å². The van der Waals surface area contributed by atoms with E-state index in [1.807, 2.05) is 24.3 Å². The van der Waals surface area contributed by atoms with Crippen molar-refractivity contribution in [1.29, 1.82) is 0 Å². The second kappa shape index (κ2) is 6.99. The number of nitrogens with one attached hydrogen (secondary N) is 1. The molecule has 0 unspecified atom stereocenters. The molecule has 106 valence electrons. The van der Waals surface area contributed by atoms with Crippen molar-refractivity contribution >= 4 is 39.4 Å². The number of hydrogen-bond acceptors (Lipinski definition) is 2. The summed E-state index contributed by atoms with van der Waals surface area (Å²) in [7, 11) is 0. The van der Waals surface area contributed by atoms with E-state index in [4.69, 9.17) is 0 Å². The fourth-order valence-corrected chi connectivity index (χ4v) is 1.98. The maximum atomic E-state index is 11.8. The van der Waals surface area contributed by atoms with Gasteiger partial charge in [0.1, 0.15) is 0 Å². The van der Waals surface area contributed by atoms with Crippen LogP contribution in [0.4, 0.5) is 5.69 Å². The molecule has 21 heavy (non-hydrogen) atoms. The third-order valence-electron chi connectivity index (χ3n) is 2.86. The average molecular weight is 344 g/mol. The number of Topliss-reactive ketones (excluding diaryl/α,β-unsaturated/α-hetero) is 1. The molecule has 0 aliphatic carbocycles. The lowest BCUT2D eigenvalue weighted by Gasteiger charge is -2.03. The van der Waals surface area contributed by atoms with Crippen LogP contribution in [0, 0.1) is 0 Å². The van der Waals surface area contributed by atoms with Crippen molar-refractivity contribution in [2.24, 2.45) is 0 Å². The summed E-state index contributed by atoms with van der Waals surface area (Å²) in [6, 6.07) is 14.5. The smallest absolute Gasteiger partial charge is 0.248 e. The van der Waals surface area contributed by atoms with Gasteiger partial charge < -0.3 is 5.32 Å². The van der Waals surface area contributed by atoms with Crippen LogP contribution in [0.1, 0.15) is 22.8 Å². The van der Waals surface area contributed by atoms with Gasteiger partial charge in [-0.15, -0.1) is 0 Å². The van der Waals surface area contributed by atoms with E-state index in [2.05, 4.69) is 21.2 Å². The highest BCUT2D eigenvalue weighted by molar-refractivity contribution is 9.10. The first kappa shape index (κ1) is 15.2. The fourth-order valence-electron chi connectivity index (χ4n) is 1.72. The first-order valence-corrected chi connectivity index (χ1v) is 7.19. The molecule has 0 fully saturated rings. The molecule has 1 N–H and O–H groups in total. The van der Waals surface area contributed by atoms with Gasteiger partial charge >= 0.3 is 0 Å². The van der Waals surface area contributed by atoms with Crippen molar-refractivity contribution in [3.63, 3.8) is 0 Å². The maximum Gasteiger partial charge on any atom is 0.248 e. The Morgan fingerprint density at radius 2 is 1.62 bits per heavy atom. The standard InChI is InChI=1S/C17H14BrNO2/c1-12(20)14-5-9-16(10-6-14)19-17(21)11-4-13-2-7-15(18)8-3-13/h2-11H,1H3,(H,19,21). The van der Waals surface area contributed by atoms with Gasteiger partial charge in [0.05, 0.1) is 0 Å². The van der Waals surface area contributed by atoms with Gasteiger partial charge in [0.15, 0.2) is 5.78 Å². The Morgan fingerprint density at radius 1 is 1.00 bits per heavy atom. The van der Waals surface area contributed by atoms with Gasteiger partial charge in [-0.2, -0.15) is 0 Å². The lowest BCUT2D eigenvalue weighted by atomic mass is 10.1. The zero-order valence-corrected chi connectivity index (χ0v) is 13.1. The maximum absolute atomic E-state index is 11.8. The van der Waals surface area contributed by atoms with Gasteiger partial charge in [0.25, 0.3) is 0 Å². The van der Waals surface area contributed by atoms with Crippen molar-refractivity contribution in [3.05, 3.63) is 70.2 Å². The number of carbonyl (C=O) groups excluding carboxylic acids is 2. The molecule has 0 aromatic heterocycles. The molecule has 0 radical (unpaired) electrons. The number of carbonyl (C=O) groups is 2. The van der Waals surface area contributed by atoms with E-state index >= 15 is 0 Å². The zero-order chi connectivity index (χ0) is 15.2. The summed E-state index contributed by atoms with van der Waals surface area (Å²) in [6.07, 6.45) is 3.22. The second-order valence-corrected chi connectivity index (χ2v) is 5.42. The molecular weight excluding hydrogens is 330 g/mol. The highest BCUT2D eigenvalue weighted by Gasteiger charge is 2.01. The van der Waals surface area contributed by atoms with E-state index in [9.17, 15) is 9.59 Å². The average Bonchev–Trinajstić information content (AvgIpc) is 2.47. The van der Waals surface area contributed by atoms with Gasteiger partial charge in [-0.1, -0.05) is 28.1 Å². The number of amides is 1. The van der Waals surface area contributed by atoms with Crippen LogP contribution in [0.5, 0.6) is 0 Å². The third kappa shape index (κ3) is 4.68. The largest absolute Gasteiger partial charge is 0.323 e. The topological polar surface area (TPSA) is 46.2 Å². The minimum absolute atomic E-state index is 0.00279. The summed E-state index contributed by atoms with van der Waals surface area (Å²) >= 11 is 3.36. The van der Waals surface area contributed by atoms with Crippen molar-refractivity contribution in [1.82, 2.24) is 0 Å². The summed E-state index contributed by atoms with van der Waals surface area (Å²) < 4.78 is 0.995. The SMILES string of the molecule is CC(=O)c1ccc(NC(=O)C=Cc2ccc(Br)cc2)cc1. The number of hydrogen-bond donors (Lipinski definition) is 1. The summed E-state index contributed by atoms with van der Waals surface area (Å²) in [5, 5.41) is 2.74. The van der Waals surface area contributed by atoms with E-state index in [1.165, 1.54) is 13.0 Å². The molecule has 1 amide bonds. The molecule has 0 aliphatic rings. The quantitative estimate of drug-likeness (QED) is 0.664. The van der Waals surface area contributed by atoms with E-state index in [-0.39, 0.29) is 11.7 Å². The van der Waals surface area contributed by atoms with Gasteiger partial charge in [-0.3, -0.25) is 9.59 Å². The molecule has 0 atom stereocenters. The fraction of sp³-hybridized carbons (Fsp3) is 0.0588. The van der Waals surface area contributed by atoms with Crippen LogP contribution in [-0.4, -0.2) is 11.7 Å². The van der Waals surface area contributed by atoms with Crippen LogP contribution in [0.2, 0.25) is 0 Å². The molecule has 0 saturated heterocycles. The monoisotopic (exact) mass is 343 g/mol. The summed E-state index contributed by atoms with van der Waals surface area (Å²) in [5.74, 6) is -0.212. The molecule has 2 aromatic carbocycles. The number of halogens is 1. The lowest BCUT2D eigenvalue weighted by Crippen LogP contribution is -2.07. The molecule has 0 bridgehead atoms. The third-order valence-corrected chi connectivity index (χ3v) is 3.38. The minimum Gasteiger partial charge on any atom is -0.323 e. The van der Waals surface area contributed by atoms with Crippen molar-refractivity contribution in [3.8, 4) is 0 Å². The molecule has 2 aromatic rings.